The number of hydrogen-bond acceptors (Lipinski definition) is 4. The quantitative estimate of drug-likeness (QED) is 0.784. The molecule has 132 valence electrons. The average Bonchev–Trinajstić information content (AvgIpc) is 3.17. The number of rotatable bonds is 6. The van der Waals surface area contributed by atoms with Gasteiger partial charge in [0.15, 0.2) is 0 Å². The van der Waals surface area contributed by atoms with Crippen LogP contribution in [0.4, 0.5) is 4.79 Å². The van der Waals surface area contributed by atoms with Crippen LogP contribution in [0.2, 0.25) is 0 Å². The summed E-state index contributed by atoms with van der Waals surface area (Å²) >= 11 is 0. The van der Waals surface area contributed by atoms with Crippen molar-refractivity contribution in [1.82, 2.24) is 10.2 Å². The number of alkyl carbamates (subject to hydrolysis) is 1. The molecule has 0 radical (unpaired) electrons. The molecule has 1 saturated carbocycles. The lowest BCUT2D eigenvalue weighted by Gasteiger charge is -2.38. The minimum absolute atomic E-state index is 0.0381. The number of carboxylic acids is 1. The highest BCUT2D eigenvalue weighted by Crippen LogP contribution is 2.32. The first-order valence-corrected chi connectivity index (χ1v) is 8.65. The summed E-state index contributed by atoms with van der Waals surface area (Å²) in [5.41, 5.74) is -0.505. The zero-order valence-corrected chi connectivity index (χ0v) is 14.5. The van der Waals surface area contributed by atoms with E-state index in [1.54, 1.807) is 0 Å². The molecule has 6 nitrogen and oxygen atoms in total. The number of ether oxygens (including phenoxy) is 1. The van der Waals surface area contributed by atoms with E-state index in [1.165, 1.54) is 12.8 Å². The smallest absolute Gasteiger partial charge is 0.407 e. The van der Waals surface area contributed by atoms with Crippen molar-refractivity contribution in [3.63, 3.8) is 0 Å². The highest BCUT2D eigenvalue weighted by atomic mass is 16.6. The Labute approximate surface area is 138 Å². The van der Waals surface area contributed by atoms with Crippen LogP contribution in [-0.2, 0) is 9.53 Å². The van der Waals surface area contributed by atoms with Crippen LogP contribution < -0.4 is 5.32 Å². The Bertz CT molecular complexity index is 429. The molecule has 2 atom stereocenters. The maximum Gasteiger partial charge on any atom is 0.407 e. The van der Waals surface area contributed by atoms with Crippen LogP contribution in [0, 0.1) is 11.8 Å². The van der Waals surface area contributed by atoms with E-state index in [0.29, 0.717) is 12.3 Å². The predicted molar refractivity (Wildman–Crippen MR) is 87.3 cm³/mol. The molecule has 1 aliphatic heterocycles. The number of nitrogens with one attached hydrogen (secondary N) is 1. The zero-order chi connectivity index (χ0) is 17.0. The number of amides is 1. The molecule has 2 aliphatic rings. The topological polar surface area (TPSA) is 78.9 Å². The number of likely N-dealkylation sites (tertiary alicyclic amines) is 1. The van der Waals surface area contributed by atoms with Gasteiger partial charge in [0.25, 0.3) is 0 Å². The summed E-state index contributed by atoms with van der Waals surface area (Å²) in [6.07, 6.45) is 3.89. The van der Waals surface area contributed by atoms with Crippen molar-refractivity contribution in [2.24, 2.45) is 11.8 Å². The lowest BCUT2D eigenvalue weighted by Crippen LogP contribution is -2.52. The monoisotopic (exact) mass is 326 g/mol. The van der Waals surface area contributed by atoms with E-state index < -0.39 is 11.6 Å². The van der Waals surface area contributed by atoms with Gasteiger partial charge in [0, 0.05) is 32.1 Å². The molecule has 23 heavy (non-hydrogen) atoms. The second-order valence-electron chi connectivity index (χ2n) is 8.04. The normalized spacial score (nSPS) is 25.9. The highest BCUT2D eigenvalue weighted by molar-refractivity contribution is 5.68. The number of piperidine rings is 1. The zero-order valence-electron chi connectivity index (χ0n) is 14.5. The fourth-order valence-corrected chi connectivity index (χ4v) is 3.23. The third-order valence-electron chi connectivity index (χ3n) is 4.31. The Morgan fingerprint density at radius 1 is 1.22 bits per heavy atom. The Kier molecular flexibility index (Phi) is 5.89. The van der Waals surface area contributed by atoms with Crippen LogP contribution in [0.1, 0.15) is 52.9 Å². The van der Waals surface area contributed by atoms with E-state index in [1.807, 2.05) is 20.8 Å². The van der Waals surface area contributed by atoms with Gasteiger partial charge >= 0.3 is 12.1 Å². The number of carbonyl (C=O) groups is 2. The van der Waals surface area contributed by atoms with Crippen molar-refractivity contribution in [3.8, 4) is 0 Å². The van der Waals surface area contributed by atoms with Crippen LogP contribution in [0.5, 0.6) is 0 Å². The van der Waals surface area contributed by atoms with Gasteiger partial charge in [-0.2, -0.15) is 0 Å². The summed E-state index contributed by atoms with van der Waals surface area (Å²) in [7, 11) is 0. The Morgan fingerprint density at radius 3 is 2.48 bits per heavy atom. The van der Waals surface area contributed by atoms with Gasteiger partial charge in [-0.1, -0.05) is 0 Å². The van der Waals surface area contributed by atoms with Gasteiger partial charge in [-0.05, 0) is 58.3 Å². The summed E-state index contributed by atoms with van der Waals surface area (Å²) in [6, 6.07) is 0.0381. The summed E-state index contributed by atoms with van der Waals surface area (Å²) in [4.78, 5) is 25.2. The third kappa shape index (κ3) is 7.20. The number of aliphatic carboxylic acids is 1. The number of hydrogen-bond donors (Lipinski definition) is 2. The SMILES string of the molecule is CC(C)(C)OC(=O)NC1CC(CCC(=O)O)CN(CC2CC2)C1. The van der Waals surface area contributed by atoms with Crippen molar-refractivity contribution in [3.05, 3.63) is 0 Å². The molecule has 1 heterocycles. The molecule has 1 amide bonds. The average molecular weight is 326 g/mol. The number of carbonyl (C=O) groups excluding carboxylic acids is 1. The van der Waals surface area contributed by atoms with Gasteiger partial charge in [-0.3, -0.25) is 4.79 Å². The fraction of sp³-hybridized carbons (Fsp3) is 0.882. The minimum Gasteiger partial charge on any atom is -0.481 e. The maximum absolute atomic E-state index is 12.0. The second kappa shape index (κ2) is 7.51. The van der Waals surface area contributed by atoms with E-state index >= 15 is 0 Å². The molecular formula is C17H30N2O4. The van der Waals surface area contributed by atoms with Crippen LogP contribution in [-0.4, -0.2) is 53.3 Å². The summed E-state index contributed by atoms with van der Waals surface area (Å²) < 4.78 is 5.34. The molecule has 2 N–H and O–H groups in total. The van der Waals surface area contributed by atoms with Crippen LogP contribution in [0.3, 0.4) is 0 Å². The Balaban J connectivity index is 1.87. The van der Waals surface area contributed by atoms with E-state index in [0.717, 1.165) is 32.0 Å². The summed E-state index contributed by atoms with van der Waals surface area (Å²) in [5, 5.41) is 11.9. The van der Waals surface area contributed by atoms with E-state index in [4.69, 9.17) is 9.84 Å². The lowest BCUT2D eigenvalue weighted by atomic mass is 9.90. The number of carboxylic acid groups (broad SMARTS) is 1. The van der Waals surface area contributed by atoms with Gasteiger partial charge in [0.05, 0.1) is 0 Å². The molecule has 0 aromatic heterocycles. The van der Waals surface area contributed by atoms with E-state index in [-0.39, 0.29) is 18.6 Å². The Morgan fingerprint density at radius 2 is 1.91 bits per heavy atom. The van der Waals surface area contributed by atoms with Crippen molar-refractivity contribution < 1.29 is 19.4 Å². The standard InChI is InChI=1S/C17H30N2O4/c1-17(2,3)23-16(22)18-14-8-13(6-7-15(20)21)10-19(11-14)9-12-4-5-12/h12-14H,4-11H2,1-3H3,(H,18,22)(H,20,21). The first-order chi connectivity index (χ1) is 10.7. The fourth-order valence-electron chi connectivity index (χ4n) is 3.23. The van der Waals surface area contributed by atoms with Gasteiger partial charge < -0.3 is 20.1 Å². The molecule has 0 bridgehead atoms. The second-order valence-corrected chi connectivity index (χ2v) is 8.04. The third-order valence-corrected chi connectivity index (χ3v) is 4.31. The Hall–Kier alpha value is -1.30. The summed E-state index contributed by atoms with van der Waals surface area (Å²) in [6.45, 7) is 8.39. The molecule has 0 spiro atoms. The summed E-state index contributed by atoms with van der Waals surface area (Å²) in [5.74, 6) is 0.356. The number of nitrogens with zero attached hydrogens (tertiary/aromatic N) is 1. The van der Waals surface area contributed by atoms with Crippen molar-refractivity contribution in [2.75, 3.05) is 19.6 Å². The van der Waals surface area contributed by atoms with Crippen LogP contribution in [0.25, 0.3) is 0 Å². The molecule has 2 rings (SSSR count). The van der Waals surface area contributed by atoms with Crippen LogP contribution in [0.15, 0.2) is 0 Å². The van der Waals surface area contributed by atoms with Crippen molar-refractivity contribution in [2.45, 2.75) is 64.5 Å². The molecule has 0 aromatic rings. The van der Waals surface area contributed by atoms with Gasteiger partial charge in [-0.15, -0.1) is 0 Å². The molecule has 2 fully saturated rings. The molecule has 1 aliphatic carbocycles. The first kappa shape index (κ1) is 18.0. The van der Waals surface area contributed by atoms with Gasteiger partial charge in [-0.25, -0.2) is 4.79 Å². The lowest BCUT2D eigenvalue weighted by molar-refractivity contribution is -0.137. The molecule has 2 unspecified atom stereocenters. The maximum atomic E-state index is 12.0. The predicted octanol–water partition coefficient (Wildman–Crippen LogP) is 2.48. The molecule has 6 heteroatoms. The largest absolute Gasteiger partial charge is 0.481 e. The van der Waals surface area contributed by atoms with Gasteiger partial charge in [0.2, 0.25) is 0 Å². The molecular weight excluding hydrogens is 296 g/mol. The van der Waals surface area contributed by atoms with E-state index in [2.05, 4.69) is 10.2 Å². The van der Waals surface area contributed by atoms with Crippen molar-refractivity contribution >= 4 is 12.1 Å². The van der Waals surface area contributed by atoms with Crippen LogP contribution >= 0.6 is 0 Å². The highest BCUT2D eigenvalue weighted by Gasteiger charge is 2.32. The molecule has 1 saturated heterocycles. The minimum atomic E-state index is -0.749. The van der Waals surface area contributed by atoms with E-state index in [9.17, 15) is 9.59 Å². The van der Waals surface area contributed by atoms with Crippen molar-refractivity contribution in [1.29, 1.82) is 0 Å². The molecule has 0 aromatic carbocycles. The van der Waals surface area contributed by atoms with Gasteiger partial charge in [0.1, 0.15) is 5.60 Å². The first-order valence-electron chi connectivity index (χ1n) is 8.65.